The molecule has 1 aromatic carbocycles. The van der Waals surface area contributed by atoms with Crippen LogP contribution >= 0.6 is 11.3 Å². The summed E-state index contributed by atoms with van der Waals surface area (Å²) in [6.45, 7) is 0.674. The molecule has 0 radical (unpaired) electrons. The van der Waals surface area contributed by atoms with Crippen LogP contribution in [0.2, 0.25) is 0 Å². The van der Waals surface area contributed by atoms with E-state index >= 15 is 0 Å². The molecule has 2 amide bonds. The van der Waals surface area contributed by atoms with Crippen LogP contribution in [-0.2, 0) is 16.0 Å². The van der Waals surface area contributed by atoms with E-state index < -0.39 is 5.82 Å². The van der Waals surface area contributed by atoms with Crippen LogP contribution in [0.4, 0.5) is 15.2 Å². The number of anilines is 2. The van der Waals surface area contributed by atoms with Gasteiger partial charge in [-0.3, -0.25) is 14.5 Å². The van der Waals surface area contributed by atoms with E-state index in [0.717, 1.165) is 6.42 Å². The van der Waals surface area contributed by atoms with Crippen LogP contribution in [0.15, 0.2) is 29.6 Å². The maximum absolute atomic E-state index is 13.5. The van der Waals surface area contributed by atoms with Gasteiger partial charge in [0.05, 0.1) is 17.8 Å². The van der Waals surface area contributed by atoms with Crippen LogP contribution in [0.3, 0.4) is 0 Å². The number of aromatic nitrogens is 1. The van der Waals surface area contributed by atoms with Gasteiger partial charge in [-0.15, -0.1) is 11.3 Å². The monoisotopic (exact) mass is 319 g/mol. The second kappa shape index (κ2) is 6.23. The van der Waals surface area contributed by atoms with Gasteiger partial charge in [0.1, 0.15) is 5.82 Å². The number of benzene rings is 1. The summed E-state index contributed by atoms with van der Waals surface area (Å²) < 4.78 is 13.5. The number of para-hydroxylation sites is 1. The number of amides is 2. The third-order valence-corrected chi connectivity index (χ3v) is 4.25. The molecular weight excluding hydrogens is 305 g/mol. The highest BCUT2D eigenvalue weighted by molar-refractivity contribution is 7.14. The first-order valence-electron chi connectivity index (χ1n) is 6.92. The number of hydrogen-bond donors (Lipinski definition) is 1. The zero-order valence-corrected chi connectivity index (χ0v) is 12.5. The van der Waals surface area contributed by atoms with Gasteiger partial charge in [-0.2, -0.15) is 0 Å². The number of nitrogens with one attached hydrogen (secondary N) is 1. The molecule has 1 aromatic heterocycles. The van der Waals surface area contributed by atoms with Gasteiger partial charge in [0, 0.05) is 18.3 Å². The smallest absolute Gasteiger partial charge is 0.230 e. The lowest BCUT2D eigenvalue weighted by molar-refractivity contribution is -0.117. The minimum atomic E-state index is -0.475. The summed E-state index contributed by atoms with van der Waals surface area (Å²) >= 11 is 1.34. The van der Waals surface area contributed by atoms with E-state index in [4.69, 9.17) is 0 Å². The van der Waals surface area contributed by atoms with Crippen molar-refractivity contribution in [1.82, 2.24) is 4.98 Å². The van der Waals surface area contributed by atoms with Crippen molar-refractivity contribution in [3.05, 3.63) is 41.2 Å². The predicted molar refractivity (Wildman–Crippen MR) is 82.4 cm³/mol. The molecule has 3 rings (SSSR count). The Bertz CT molecular complexity index is 716. The Kier molecular flexibility index (Phi) is 4.15. The SMILES string of the molecule is O=C(Cc1csc(N2CCCC2=O)n1)Nc1ccccc1F. The lowest BCUT2D eigenvalue weighted by Gasteiger charge is -2.10. The number of nitrogens with zero attached hydrogens (tertiary/aromatic N) is 2. The zero-order valence-electron chi connectivity index (χ0n) is 11.7. The fourth-order valence-corrected chi connectivity index (χ4v) is 3.14. The summed E-state index contributed by atoms with van der Waals surface area (Å²) in [6.07, 6.45) is 1.43. The lowest BCUT2D eigenvalue weighted by Crippen LogP contribution is -2.23. The quantitative estimate of drug-likeness (QED) is 0.942. The predicted octanol–water partition coefficient (Wildman–Crippen LogP) is 2.59. The summed E-state index contributed by atoms with van der Waals surface area (Å²) in [5, 5.41) is 4.89. The van der Waals surface area contributed by atoms with Crippen LogP contribution in [-0.4, -0.2) is 23.3 Å². The van der Waals surface area contributed by atoms with Crippen LogP contribution in [0.5, 0.6) is 0 Å². The van der Waals surface area contributed by atoms with E-state index in [-0.39, 0.29) is 23.9 Å². The summed E-state index contributed by atoms with van der Waals surface area (Å²) in [5.41, 5.74) is 0.728. The molecule has 1 saturated heterocycles. The van der Waals surface area contributed by atoms with Crippen LogP contribution in [0.25, 0.3) is 0 Å². The molecule has 22 heavy (non-hydrogen) atoms. The van der Waals surface area contributed by atoms with Gasteiger partial charge >= 0.3 is 0 Å². The molecule has 1 N–H and O–H groups in total. The molecule has 0 aliphatic carbocycles. The Morgan fingerprint density at radius 3 is 2.95 bits per heavy atom. The molecule has 7 heteroatoms. The molecule has 114 valence electrons. The summed E-state index contributed by atoms with van der Waals surface area (Å²) in [6, 6.07) is 6.00. The lowest BCUT2D eigenvalue weighted by atomic mass is 10.2. The molecule has 0 spiro atoms. The van der Waals surface area contributed by atoms with Crippen molar-refractivity contribution in [3.63, 3.8) is 0 Å². The topological polar surface area (TPSA) is 62.3 Å². The highest BCUT2D eigenvalue weighted by Crippen LogP contribution is 2.25. The molecule has 5 nitrogen and oxygen atoms in total. The molecule has 1 aliphatic rings. The molecule has 0 saturated carbocycles. The number of carbonyl (C=O) groups excluding carboxylic acids is 2. The number of hydrogen-bond acceptors (Lipinski definition) is 4. The number of halogens is 1. The molecule has 0 unspecified atom stereocenters. The Hall–Kier alpha value is -2.28. The first-order valence-corrected chi connectivity index (χ1v) is 7.80. The first-order chi connectivity index (χ1) is 10.6. The molecule has 0 bridgehead atoms. The maximum atomic E-state index is 13.5. The van der Waals surface area contributed by atoms with Crippen LogP contribution in [0, 0.1) is 5.82 Å². The van der Waals surface area contributed by atoms with Crippen LogP contribution < -0.4 is 10.2 Å². The minimum absolute atomic E-state index is 0.0485. The van der Waals surface area contributed by atoms with Crippen molar-refractivity contribution in [2.24, 2.45) is 0 Å². The van der Waals surface area contributed by atoms with Gasteiger partial charge < -0.3 is 5.32 Å². The normalized spacial score (nSPS) is 14.4. The minimum Gasteiger partial charge on any atom is -0.323 e. The average Bonchev–Trinajstić information content (AvgIpc) is 3.10. The second-order valence-corrected chi connectivity index (χ2v) is 5.81. The highest BCUT2D eigenvalue weighted by Gasteiger charge is 2.24. The van der Waals surface area contributed by atoms with Gasteiger partial charge in [0.2, 0.25) is 11.8 Å². The number of carbonyl (C=O) groups is 2. The van der Waals surface area contributed by atoms with Crippen LogP contribution in [0.1, 0.15) is 18.5 Å². The zero-order chi connectivity index (χ0) is 15.5. The van der Waals surface area contributed by atoms with Crippen molar-refractivity contribution < 1.29 is 14.0 Å². The van der Waals surface area contributed by atoms with E-state index in [9.17, 15) is 14.0 Å². The van der Waals surface area contributed by atoms with E-state index in [1.54, 1.807) is 22.4 Å². The Balaban J connectivity index is 1.64. The summed E-state index contributed by atoms with van der Waals surface area (Å²) in [5.74, 6) is -0.746. The molecule has 1 aliphatic heterocycles. The van der Waals surface area contributed by atoms with E-state index in [1.807, 2.05) is 0 Å². The van der Waals surface area contributed by atoms with Gasteiger partial charge in [-0.1, -0.05) is 12.1 Å². The first kappa shape index (κ1) is 14.6. The maximum Gasteiger partial charge on any atom is 0.230 e. The van der Waals surface area contributed by atoms with Crippen molar-refractivity contribution in [2.45, 2.75) is 19.3 Å². The highest BCUT2D eigenvalue weighted by atomic mass is 32.1. The molecule has 2 aromatic rings. The number of thiazole rings is 1. The summed E-state index contributed by atoms with van der Waals surface area (Å²) in [4.78, 5) is 29.5. The van der Waals surface area contributed by atoms with E-state index in [2.05, 4.69) is 10.3 Å². The van der Waals surface area contributed by atoms with Gasteiger partial charge in [0.15, 0.2) is 5.13 Å². The summed E-state index contributed by atoms with van der Waals surface area (Å²) in [7, 11) is 0. The molecular formula is C15H14FN3O2S. The van der Waals surface area contributed by atoms with Gasteiger partial charge in [0.25, 0.3) is 0 Å². The van der Waals surface area contributed by atoms with Gasteiger partial charge in [-0.05, 0) is 18.6 Å². The Labute approximate surface area is 130 Å². The van der Waals surface area contributed by atoms with Crippen molar-refractivity contribution >= 4 is 34.0 Å². The van der Waals surface area contributed by atoms with E-state index in [0.29, 0.717) is 23.8 Å². The Morgan fingerprint density at radius 2 is 2.23 bits per heavy atom. The molecule has 1 fully saturated rings. The Morgan fingerprint density at radius 1 is 1.41 bits per heavy atom. The van der Waals surface area contributed by atoms with Crippen molar-refractivity contribution in [1.29, 1.82) is 0 Å². The molecule has 2 heterocycles. The largest absolute Gasteiger partial charge is 0.323 e. The fourth-order valence-electron chi connectivity index (χ4n) is 2.27. The third kappa shape index (κ3) is 3.14. The fraction of sp³-hybridized carbons (Fsp3) is 0.267. The molecule has 0 atom stereocenters. The number of rotatable bonds is 4. The van der Waals surface area contributed by atoms with Gasteiger partial charge in [-0.25, -0.2) is 9.37 Å². The third-order valence-electron chi connectivity index (χ3n) is 3.33. The van der Waals surface area contributed by atoms with E-state index in [1.165, 1.54) is 23.5 Å². The van der Waals surface area contributed by atoms with Crippen molar-refractivity contribution in [2.75, 3.05) is 16.8 Å². The standard InChI is InChI=1S/C15H14FN3O2S/c16-11-4-1-2-5-12(11)18-13(20)8-10-9-22-15(17-10)19-7-3-6-14(19)21/h1-2,4-5,9H,3,6-8H2,(H,18,20). The average molecular weight is 319 g/mol. The second-order valence-electron chi connectivity index (χ2n) is 4.98. The van der Waals surface area contributed by atoms with Crippen molar-refractivity contribution in [3.8, 4) is 0 Å².